The zero-order valence-corrected chi connectivity index (χ0v) is 11.3. The van der Waals surface area contributed by atoms with E-state index in [9.17, 15) is 5.11 Å². The molecular weight excluding hydrogens is 254 g/mol. The van der Waals surface area contributed by atoms with Crippen LogP contribution in [0.5, 0.6) is 5.75 Å². The second-order valence-corrected chi connectivity index (χ2v) is 5.25. The molecule has 106 valence electrons. The van der Waals surface area contributed by atoms with E-state index < -0.39 is 0 Å². The van der Waals surface area contributed by atoms with Crippen molar-refractivity contribution in [3.8, 4) is 5.75 Å². The minimum Gasteiger partial charge on any atom is -0.508 e. The Morgan fingerprint density at radius 1 is 1.35 bits per heavy atom. The highest BCUT2D eigenvalue weighted by Gasteiger charge is 2.19. The van der Waals surface area contributed by atoms with Crippen LogP contribution in [0.2, 0.25) is 0 Å². The van der Waals surface area contributed by atoms with Crippen LogP contribution < -0.4 is 10.6 Å². The monoisotopic (exact) mass is 273 g/mol. The van der Waals surface area contributed by atoms with E-state index in [1.54, 1.807) is 12.1 Å². The van der Waals surface area contributed by atoms with Crippen molar-refractivity contribution < 1.29 is 5.11 Å². The summed E-state index contributed by atoms with van der Waals surface area (Å²) in [4.78, 5) is 6.68. The second-order valence-electron chi connectivity index (χ2n) is 5.25. The normalized spacial score (nSPS) is 16.6. The van der Waals surface area contributed by atoms with E-state index in [1.807, 2.05) is 12.1 Å². The molecule has 0 saturated carbocycles. The molecule has 1 aromatic carbocycles. The first-order valence-electron chi connectivity index (χ1n) is 6.90. The summed E-state index contributed by atoms with van der Waals surface area (Å²) in [6.45, 7) is 1.81. The van der Waals surface area contributed by atoms with Crippen LogP contribution in [0.4, 0.5) is 5.95 Å². The Hall–Kier alpha value is -2.08. The minimum absolute atomic E-state index is 0.271. The lowest BCUT2D eigenvalue weighted by Gasteiger charge is -2.28. The van der Waals surface area contributed by atoms with E-state index in [1.165, 1.54) is 0 Å². The van der Waals surface area contributed by atoms with Gasteiger partial charge >= 0.3 is 0 Å². The summed E-state index contributed by atoms with van der Waals surface area (Å²) in [6.07, 6.45) is 2.60. The fourth-order valence-electron chi connectivity index (χ4n) is 2.46. The van der Waals surface area contributed by atoms with E-state index in [0.717, 1.165) is 43.3 Å². The lowest BCUT2D eigenvalue weighted by Crippen LogP contribution is -2.40. The summed E-state index contributed by atoms with van der Waals surface area (Å²) in [5.74, 6) is 1.82. The zero-order chi connectivity index (χ0) is 13.9. The number of hydrogen-bond donors (Lipinski definition) is 3. The number of nitrogens with one attached hydrogen (secondary N) is 1. The number of piperidine rings is 1. The molecule has 1 aromatic heterocycles. The van der Waals surface area contributed by atoms with Gasteiger partial charge in [0.2, 0.25) is 5.95 Å². The Bertz CT molecular complexity index is 574. The molecule has 1 fully saturated rings. The number of phenolic OH excluding ortho intramolecular Hbond substituents is 1. The maximum atomic E-state index is 9.46. The quantitative estimate of drug-likeness (QED) is 0.777. The topological polar surface area (TPSA) is 91.1 Å². The van der Waals surface area contributed by atoms with Crippen molar-refractivity contribution in [2.75, 3.05) is 18.0 Å². The summed E-state index contributed by atoms with van der Waals surface area (Å²) < 4.78 is 0. The summed E-state index contributed by atoms with van der Waals surface area (Å²) in [6, 6.07) is 7.49. The number of anilines is 1. The Balaban J connectivity index is 1.67. The highest BCUT2D eigenvalue weighted by Crippen LogP contribution is 2.17. The van der Waals surface area contributed by atoms with Crippen molar-refractivity contribution in [1.29, 1.82) is 0 Å². The van der Waals surface area contributed by atoms with Gasteiger partial charge in [0.05, 0.1) is 0 Å². The van der Waals surface area contributed by atoms with Gasteiger partial charge in [0.25, 0.3) is 0 Å². The maximum Gasteiger partial charge on any atom is 0.244 e. The van der Waals surface area contributed by atoms with Crippen LogP contribution >= 0.6 is 0 Å². The van der Waals surface area contributed by atoms with Gasteiger partial charge in [-0.3, -0.25) is 5.10 Å². The van der Waals surface area contributed by atoms with Gasteiger partial charge in [0, 0.05) is 25.6 Å². The van der Waals surface area contributed by atoms with Gasteiger partial charge in [-0.1, -0.05) is 12.1 Å². The number of rotatable bonds is 3. The molecule has 6 heteroatoms. The Morgan fingerprint density at radius 2 is 2.15 bits per heavy atom. The number of nitrogens with zero attached hydrogens (tertiary/aromatic N) is 3. The van der Waals surface area contributed by atoms with Crippen molar-refractivity contribution in [1.82, 2.24) is 15.2 Å². The van der Waals surface area contributed by atoms with Crippen LogP contribution in [-0.4, -0.2) is 39.4 Å². The number of aromatic amines is 1. The van der Waals surface area contributed by atoms with Gasteiger partial charge < -0.3 is 15.7 Å². The maximum absolute atomic E-state index is 9.46. The third-order valence-corrected chi connectivity index (χ3v) is 3.62. The summed E-state index contributed by atoms with van der Waals surface area (Å²) in [7, 11) is 0. The number of benzene rings is 1. The van der Waals surface area contributed by atoms with Gasteiger partial charge in [-0.2, -0.15) is 4.98 Å². The molecule has 20 heavy (non-hydrogen) atoms. The number of aromatic hydroxyl groups is 1. The van der Waals surface area contributed by atoms with E-state index in [2.05, 4.69) is 20.1 Å². The molecule has 6 nitrogen and oxygen atoms in total. The van der Waals surface area contributed by atoms with Crippen LogP contribution in [0.25, 0.3) is 0 Å². The van der Waals surface area contributed by atoms with Gasteiger partial charge in [-0.25, -0.2) is 0 Å². The lowest BCUT2D eigenvalue weighted by atomic mass is 10.1. The third-order valence-electron chi connectivity index (χ3n) is 3.62. The Labute approximate surface area is 117 Å². The number of phenols is 1. The van der Waals surface area contributed by atoms with Crippen molar-refractivity contribution in [3.05, 3.63) is 35.7 Å². The molecule has 0 unspecified atom stereocenters. The van der Waals surface area contributed by atoms with Gasteiger partial charge in [0.15, 0.2) is 0 Å². The molecule has 1 aliphatic heterocycles. The highest BCUT2D eigenvalue weighted by molar-refractivity contribution is 5.32. The first-order valence-corrected chi connectivity index (χ1v) is 6.90. The predicted molar refractivity (Wildman–Crippen MR) is 76.7 cm³/mol. The zero-order valence-electron chi connectivity index (χ0n) is 11.3. The van der Waals surface area contributed by atoms with Crippen molar-refractivity contribution in [3.63, 3.8) is 0 Å². The summed E-state index contributed by atoms with van der Waals surface area (Å²) in [5, 5.41) is 16.7. The standard InChI is InChI=1S/C14H19N5O/c15-11-4-6-19(7-5-11)14-16-13(17-18-14)9-10-2-1-3-12(20)8-10/h1-3,8,11,20H,4-7,9,15H2,(H,16,17,18). The first kappa shape index (κ1) is 12.9. The molecular formula is C14H19N5O. The van der Waals surface area contributed by atoms with Crippen LogP contribution in [0.15, 0.2) is 24.3 Å². The predicted octanol–water partition coefficient (Wildman–Crippen LogP) is 1.03. The molecule has 3 rings (SSSR count). The van der Waals surface area contributed by atoms with E-state index in [-0.39, 0.29) is 5.75 Å². The average Bonchev–Trinajstić information content (AvgIpc) is 2.88. The molecule has 0 amide bonds. The van der Waals surface area contributed by atoms with E-state index in [4.69, 9.17) is 5.73 Å². The van der Waals surface area contributed by atoms with Crippen molar-refractivity contribution in [2.45, 2.75) is 25.3 Å². The van der Waals surface area contributed by atoms with Crippen LogP contribution in [0.3, 0.4) is 0 Å². The van der Waals surface area contributed by atoms with E-state index in [0.29, 0.717) is 12.5 Å². The molecule has 2 aromatic rings. The fourth-order valence-corrected chi connectivity index (χ4v) is 2.46. The molecule has 0 bridgehead atoms. The SMILES string of the molecule is NC1CCN(c2n[nH]c(Cc3cccc(O)c3)n2)CC1. The van der Waals surface area contributed by atoms with E-state index >= 15 is 0 Å². The summed E-state index contributed by atoms with van der Waals surface area (Å²) in [5.41, 5.74) is 6.91. The first-order chi connectivity index (χ1) is 9.70. The number of hydrogen-bond acceptors (Lipinski definition) is 5. The van der Waals surface area contributed by atoms with Crippen LogP contribution in [-0.2, 0) is 6.42 Å². The molecule has 1 saturated heterocycles. The summed E-state index contributed by atoms with van der Waals surface area (Å²) >= 11 is 0. The fraction of sp³-hybridized carbons (Fsp3) is 0.429. The average molecular weight is 273 g/mol. The molecule has 4 N–H and O–H groups in total. The van der Waals surface area contributed by atoms with Crippen LogP contribution in [0.1, 0.15) is 24.2 Å². The van der Waals surface area contributed by atoms with Crippen LogP contribution in [0, 0.1) is 0 Å². The van der Waals surface area contributed by atoms with Crippen molar-refractivity contribution in [2.24, 2.45) is 5.73 Å². The molecule has 0 radical (unpaired) electrons. The number of nitrogens with two attached hydrogens (primary N) is 1. The number of H-pyrrole nitrogens is 1. The minimum atomic E-state index is 0.271. The second kappa shape index (κ2) is 5.50. The third kappa shape index (κ3) is 2.91. The van der Waals surface area contributed by atoms with Gasteiger partial charge in [-0.05, 0) is 30.5 Å². The smallest absolute Gasteiger partial charge is 0.244 e. The molecule has 0 aliphatic carbocycles. The highest BCUT2D eigenvalue weighted by atomic mass is 16.3. The lowest BCUT2D eigenvalue weighted by molar-refractivity contribution is 0.474. The molecule has 2 heterocycles. The van der Waals surface area contributed by atoms with Crippen molar-refractivity contribution >= 4 is 5.95 Å². The molecule has 0 atom stereocenters. The number of aromatic nitrogens is 3. The Kier molecular flexibility index (Phi) is 3.56. The molecule has 0 spiro atoms. The molecule has 1 aliphatic rings. The largest absolute Gasteiger partial charge is 0.508 e. The Morgan fingerprint density at radius 3 is 2.90 bits per heavy atom. The van der Waals surface area contributed by atoms with Gasteiger partial charge in [-0.15, -0.1) is 5.10 Å². The van der Waals surface area contributed by atoms with Gasteiger partial charge in [0.1, 0.15) is 11.6 Å².